The zero-order valence-electron chi connectivity index (χ0n) is 19.5. The molecule has 5 rings (SSSR count). The molecule has 1 heterocycles. The SMILES string of the molecule is COc1ccc(N2C(=O)c3ccc(C(=O)c4ccc(Oc5ccc(C(=O)O)cc5)cc4)cc3C2=O)cc1. The molecule has 8 nitrogen and oxygen atoms in total. The average Bonchev–Trinajstić information content (AvgIpc) is 3.18. The van der Waals surface area contributed by atoms with E-state index < -0.39 is 17.8 Å². The molecule has 0 saturated carbocycles. The van der Waals surface area contributed by atoms with E-state index in [1.165, 1.54) is 37.4 Å². The maximum atomic E-state index is 13.1. The highest BCUT2D eigenvalue weighted by Gasteiger charge is 2.37. The topological polar surface area (TPSA) is 110 Å². The summed E-state index contributed by atoms with van der Waals surface area (Å²) in [5, 5.41) is 8.99. The first-order valence-corrected chi connectivity index (χ1v) is 11.2. The lowest BCUT2D eigenvalue weighted by molar-refractivity contribution is 0.0696. The van der Waals surface area contributed by atoms with Crippen LogP contribution < -0.4 is 14.4 Å². The minimum Gasteiger partial charge on any atom is -0.497 e. The Bertz CT molecular complexity index is 1540. The first-order chi connectivity index (χ1) is 17.9. The normalized spacial score (nSPS) is 12.3. The highest BCUT2D eigenvalue weighted by atomic mass is 16.5. The van der Waals surface area contributed by atoms with Crippen LogP contribution in [0.2, 0.25) is 0 Å². The lowest BCUT2D eigenvalue weighted by Gasteiger charge is -2.14. The van der Waals surface area contributed by atoms with E-state index in [-0.39, 0.29) is 28.0 Å². The van der Waals surface area contributed by atoms with Gasteiger partial charge in [0.25, 0.3) is 11.8 Å². The molecule has 0 aliphatic carbocycles. The van der Waals surface area contributed by atoms with E-state index in [4.69, 9.17) is 14.6 Å². The smallest absolute Gasteiger partial charge is 0.335 e. The Morgan fingerprint density at radius 1 is 0.649 bits per heavy atom. The standard InChI is InChI=1S/C29H19NO7/c1-36-21-13-7-20(8-14-21)30-27(32)24-15-6-19(16-25(24)28(30)33)26(31)17-2-9-22(10-3-17)37-23-11-4-18(5-12-23)29(34)35/h2-16H,1H3,(H,34,35). The minimum absolute atomic E-state index is 0.148. The molecule has 0 fully saturated rings. The number of carboxylic acids is 1. The van der Waals surface area contributed by atoms with Gasteiger partial charge in [-0.25, -0.2) is 9.69 Å². The molecule has 2 amide bonds. The van der Waals surface area contributed by atoms with E-state index in [0.717, 1.165) is 4.90 Å². The zero-order valence-corrected chi connectivity index (χ0v) is 19.5. The van der Waals surface area contributed by atoms with E-state index >= 15 is 0 Å². The van der Waals surface area contributed by atoms with Crippen molar-refractivity contribution in [2.24, 2.45) is 0 Å². The number of ether oxygens (including phenoxy) is 2. The fourth-order valence-electron chi connectivity index (χ4n) is 3.99. The number of carbonyl (C=O) groups excluding carboxylic acids is 3. The Morgan fingerprint density at radius 2 is 1.16 bits per heavy atom. The fourth-order valence-corrected chi connectivity index (χ4v) is 3.99. The number of carboxylic acid groups (broad SMARTS) is 1. The van der Waals surface area contributed by atoms with Crippen molar-refractivity contribution < 1.29 is 33.8 Å². The number of ketones is 1. The first-order valence-electron chi connectivity index (χ1n) is 11.2. The van der Waals surface area contributed by atoms with Crippen LogP contribution in [-0.4, -0.2) is 35.8 Å². The molecule has 0 radical (unpaired) electrons. The van der Waals surface area contributed by atoms with Gasteiger partial charge >= 0.3 is 5.97 Å². The van der Waals surface area contributed by atoms with Gasteiger partial charge in [0.2, 0.25) is 0 Å². The fraction of sp³-hybridized carbons (Fsp3) is 0.0345. The Kier molecular flexibility index (Phi) is 5.99. The summed E-state index contributed by atoms with van der Waals surface area (Å²) in [6.45, 7) is 0. The molecular weight excluding hydrogens is 474 g/mol. The molecule has 0 saturated heterocycles. The highest BCUT2D eigenvalue weighted by Crippen LogP contribution is 2.31. The third-order valence-electron chi connectivity index (χ3n) is 5.93. The lowest BCUT2D eigenvalue weighted by atomic mass is 9.99. The first kappa shape index (κ1) is 23.5. The van der Waals surface area contributed by atoms with Crippen LogP contribution in [0.25, 0.3) is 0 Å². The van der Waals surface area contributed by atoms with Gasteiger partial charge in [0, 0.05) is 11.1 Å². The van der Waals surface area contributed by atoms with Gasteiger partial charge in [-0.3, -0.25) is 14.4 Å². The van der Waals surface area contributed by atoms with Gasteiger partial charge in [-0.15, -0.1) is 0 Å². The maximum absolute atomic E-state index is 13.1. The van der Waals surface area contributed by atoms with E-state index in [0.29, 0.717) is 28.5 Å². The predicted octanol–water partition coefficient (Wildman–Crippen LogP) is 5.22. The number of anilines is 1. The number of benzene rings is 4. The number of amides is 2. The number of hydrogen-bond acceptors (Lipinski definition) is 6. The Labute approximate surface area is 211 Å². The third-order valence-corrected chi connectivity index (χ3v) is 5.93. The number of imide groups is 1. The minimum atomic E-state index is -1.03. The highest BCUT2D eigenvalue weighted by molar-refractivity contribution is 6.34. The second kappa shape index (κ2) is 9.43. The molecular formula is C29H19NO7. The summed E-state index contributed by atoms with van der Waals surface area (Å²) >= 11 is 0. The molecule has 0 bridgehead atoms. The zero-order chi connectivity index (χ0) is 26.1. The summed E-state index contributed by atoms with van der Waals surface area (Å²) in [5.41, 5.74) is 1.60. The Balaban J connectivity index is 1.33. The van der Waals surface area contributed by atoms with E-state index in [1.807, 2.05) is 0 Å². The van der Waals surface area contributed by atoms with Crippen LogP contribution in [0.1, 0.15) is 47.0 Å². The second-order valence-corrected chi connectivity index (χ2v) is 8.19. The predicted molar refractivity (Wildman–Crippen MR) is 134 cm³/mol. The molecule has 1 N–H and O–H groups in total. The van der Waals surface area contributed by atoms with Crippen molar-refractivity contribution in [3.05, 3.63) is 119 Å². The number of methoxy groups -OCH3 is 1. The summed E-state index contributed by atoms with van der Waals surface area (Å²) in [7, 11) is 1.53. The lowest BCUT2D eigenvalue weighted by Crippen LogP contribution is -2.29. The quantitative estimate of drug-likeness (QED) is 0.278. The van der Waals surface area contributed by atoms with Gasteiger partial charge in [-0.1, -0.05) is 6.07 Å². The number of hydrogen-bond donors (Lipinski definition) is 1. The van der Waals surface area contributed by atoms with Crippen molar-refractivity contribution in [2.75, 3.05) is 12.0 Å². The molecule has 37 heavy (non-hydrogen) atoms. The van der Waals surface area contributed by atoms with Gasteiger partial charge in [0.1, 0.15) is 17.2 Å². The summed E-state index contributed by atoms with van der Waals surface area (Å²) in [6.07, 6.45) is 0. The van der Waals surface area contributed by atoms with E-state index in [1.54, 1.807) is 60.7 Å². The molecule has 0 atom stereocenters. The molecule has 8 heteroatoms. The van der Waals surface area contributed by atoms with Crippen LogP contribution >= 0.6 is 0 Å². The van der Waals surface area contributed by atoms with Crippen LogP contribution in [0.5, 0.6) is 17.2 Å². The monoisotopic (exact) mass is 493 g/mol. The average molecular weight is 493 g/mol. The van der Waals surface area contributed by atoms with Gasteiger partial charge in [-0.05, 0) is 84.9 Å². The van der Waals surface area contributed by atoms with Crippen molar-refractivity contribution in [1.29, 1.82) is 0 Å². The van der Waals surface area contributed by atoms with Crippen LogP contribution in [-0.2, 0) is 0 Å². The summed E-state index contributed by atoms with van der Waals surface area (Å²) in [5.74, 6) is -0.791. The van der Waals surface area contributed by atoms with Gasteiger partial charge in [0.15, 0.2) is 5.78 Å². The number of fused-ring (bicyclic) bond motifs is 1. The van der Waals surface area contributed by atoms with Crippen molar-refractivity contribution in [3.63, 3.8) is 0 Å². The largest absolute Gasteiger partial charge is 0.497 e. The van der Waals surface area contributed by atoms with E-state index in [2.05, 4.69) is 0 Å². The summed E-state index contributed by atoms with van der Waals surface area (Å²) in [4.78, 5) is 51.1. The van der Waals surface area contributed by atoms with Gasteiger partial charge in [-0.2, -0.15) is 0 Å². The van der Waals surface area contributed by atoms with Crippen molar-refractivity contribution in [2.45, 2.75) is 0 Å². The maximum Gasteiger partial charge on any atom is 0.335 e. The molecule has 0 spiro atoms. The van der Waals surface area contributed by atoms with Gasteiger partial charge in [0.05, 0.1) is 29.5 Å². The number of aromatic carboxylic acids is 1. The molecule has 1 aliphatic heterocycles. The van der Waals surface area contributed by atoms with Crippen LogP contribution in [0.3, 0.4) is 0 Å². The van der Waals surface area contributed by atoms with Crippen LogP contribution in [0, 0.1) is 0 Å². The number of rotatable bonds is 7. The van der Waals surface area contributed by atoms with Crippen molar-refractivity contribution >= 4 is 29.3 Å². The molecule has 0 unspecified atom stereocenters. The summed E-state index contributed by atoms with van der Waals surface area (Å²) in [6, 6.07) is 23.4. The summed E-state index contributed by atoms with van der Waals surface area (Å²) < 4.78 is 10.8. The Hall–Kier alpha value is -5.24. The van der Waals surface area contributed by atoms with Crippen molar-refractivity contribution in [1.82, 2.24) is 0 Å². The number of nitrogens with zero attached hydrogens (tertiary/aromatic N) is 1. The van der Waals surface area contributed by atoms with Crippen LogP contribution in [0.4, 0.5) is 5.69 Å². The molecule has 1 aliphatic rings. The third kappa shape index (κ3) is 4.43. The Morgan fingerprint density at radius 3 is 1.73 bits per heavy atom. The molecule has 4 aromatic carbocycles. The second-order valence-electron chi connectivity index (χ2n) is 8.19. The van der Waals surface area contributed by atoms with Gasteiger partial charge < -0.3 is 14.6 Å². The van der Waals surface area contributed by atoms with Crippen molar-refractivity contribution in [3.8, 4) is 17.2 Å². The van der Waals surface area contributed by atoms with Crippen LogP contribution in [0.15, 0.2) is 91.0 Å². The molecule has 182 valence electrons. The molecule has 4 aromatic rings. The molecule has 0 aromatic heterocycles. The number of carbonyl (C=O) groups is 4. The van der Waals surface area contributed by atoms with E-state index in [9.17, 15) is 19.2 Å².